The Labute approximate surface area is 108 Å². The van der Waals surface area contributed by atoms with Crippen LogP contribution < -0.4 is 5.32 Å². The normalized spacial score (nSPS) is 10.6. The topological polar surface area (TPSA) is 28.2 Å². The number of rotatable bonds is 5. The summed E-state index contributed by atoms with van der Waals surface area (Å²) in [5.41, 5.74) is 3.76. The Morgan fingerprint density at radius 2 is 1.78 bits per heavy atom. The Kier molecular flexibility index (Phi) is 4.31. The Morgan fingerprint density at radius 1 is 1.06 bits per heavy atom. The van der Waals surface area contributed by atoms with Crippen molar-refractivity contribution in [3.8, 4) is 0 Å². The maximum absolute atomic E-state index is 4.03. The standard InChI is InChI=1S/C15H19N3/c1-16-15-5-3-4-14(10-15)12-18(2)11-13-6-8-17-9-7-13/h3-10,16H,11-12H2,1-2H3. The van der Waals surface area contributed by atoms with Gasteiger partial charge in [-0.1, -0.05) is 12.1 Å². The molecule has 1 heterocycles. The molecule has 0 spiro atoms. The third-order valence-electron chi connectivity index (χ3n) is 2.87. The van der Waals surface area contributed by atoms with Gasteiger partial charge in [0.25, 0.3) is 0 Å². The number of pyridine rings is 1. The highest BCUT2D eigenvalue weighted by Gasteiger charge is 2.02. The maximum atomic E-state index is 4.03. The number of anilines is 1. The second-order valence-electron chi connectivity index (χ2n) is 4.48. The lowest BCUT2D eigenvalue weighted by Crippen LogP contribution is -2.17. The van der Waals surface area contributed by atoms with Gasteiger partial charge in [0.1, 0.15) is 0 Å². The first-order chi connectivity index (χ1) is 8.78. The summed E-state index contributed by atoms with van der Waals surface area (Å²) in [5.74, 6) is 0. The molecule has 0 saturated carbocycles. The second-order valence-corrected chi connectivity index (χ2v) is 4.48. The third-order valence-corrected chi connectivity index (χ3v) is 2.87. The lowest BCUT2D eigenvalue weighted by Gasteiger charge is -2.17. The van der Waals surface area contributed by atoms with Crippen LogP contribution in [-0.4, -0.2) is 24.0 Å². The van der Waals surface area contributed by atoms with E-state index in [1.165, 1.54) is 11.1 Å². The average Bonchev–Trinajstić information content (AvgIpc) is 2.40. The van der Waals surface area contributed by atoms with E-state index in [2.05, 4.69) is 58.6 Å². The Hall–Kier alpha value is -1.87. The minimum absolute atomic E-state index is 0.937. The fourth-order valence-corrected chi connectivity index (χ4v) is 1.99. The molecule has 0 unspecified atom stereocenters. The summed E-state index contributed by atoms with van der Waals surface area (Å²) in [4.78, 5) is 6.33. The third kappa shape index (κ3) is 3.57. The van der Waals surface area contributed by atoms with Gasteiger partial charge in [0.2, 0.25) is 0 Å². The Balaban J connectivity index is 1.96. The molecule has 0 aliphatic carbocycles. The van der Waals surface area contributed by atoms with Crippen molar-refractivity contribution in [2.24, 2.45) is 0 Å². The predicted octanol–water partition coefficient (Wildman–Crippen LogP) is 2.76. The first kappa shape index (κ1) is 12.6. The quantitative estimate of drug-likeness (QED) is 0.872. The van der Waals surface area contributed by atoms with Crippen molar-refractivity contribution < 1.29 is 0 Å². The summed E-state index contributed by atoms with van der Waals surface area (Å²) < 4.78 is 0. The van der Waals surface area contributed by atoms with E-state index in [4.69, 9.17) is 0 Å². The molecule has 3 nitrogen and oxygen atoms in total. The van der Waals surface area contributed by atoms with E-state index in [1.807, 2.05) is 19.4 Å². The number of benzene rings is 1. The zero-order chi connectivity index (χ0) is 12.8. The molecule has 0 aliphatic rings. The number of nitrogens with one attached hydrogen (secondary N) is 1. The van der Waals surface area contributed by atoms with E-state index >= 15 is 0 Å². The van der Waals surface area contributed by atoms with Gasteiger partial charge < -0.3 is 5.32 Å². The first-order valence-electron chi connectivity index (χ1n) is 6.12. The highest BCUT2D eigenvalue weighted by molar-refractivity contribution is 5.44. The summed E-state index contributed by atoms with van der Waals surface area (Å²) in [6, 6.07) is 12.6. The van der Waals surface area contributed by atoms with E-state index in [1.54, 1.807) is 0 Å². The highest BCUT2D eigenvalue weighted by Crippen LogP contribution is 2.12. The molecule has 0 atom stereocenters. The van der Waals surface area contributed by atoms with Gasteiger partial charge in [0, 0.05) is 38.2 Å². The van der Waals surface area contributed by atoms with Crippen LogP contribution >= 0.6 is 0 Å². The minimum atomic E-state index is 0.937. The van der Waals surface area contributed by atoms with Gasteiger partial charge in [0.05, 0.1) is 0 Å². The number of hydrogen-bond acceptors (Lipinski definition) is 3. The second kappa shape index (κ2) is 6.17. The summed E-state index contributed by atoms with van der Waals surface area (Å²) in [7, 11) is 4.08. The molecule has 0 fully saturated rings. The molecule has 0 saturated heterocycles. The van der Waals surface area contributed by atoms with Crippen LogP contribution in [0.25, 0.3) is 0 Å². The van der Waals surface area contributed by atoms with Gasteiger partial charge in [-0.25, -0.2) is 0 Å². The van der Waals surface area contributed by atoms with Crippen LogP contribution in [-0.2, 0) is 13.1 Å². The van der Waals surface area contributed by atoms with Crippen molar-refractivity contribution >= 4 is 5.69 Å². The average molecular weight is 241 g/mol. The summed E-state index contributed by atoms with van der Waals surface area (Å²) in [6.45, 7) is 1.88. The number of aromatic nitrogens is 1. The molecule has 0 amide bonds. The molecule has 1 aromatic heterocycles. The molecular formula is C15H19N3. The molecule has 0 aliphatic heterocycles. The van der Waals surface area contributed by atoms with Crippen molar-refractivity contribution in [2.45, 2.75) is 13.1 Å². The van der Waals surface area contributed by atoms with Crippen LogP contribution in [0.2, 0.25) is 0 Å². The molecule has 2 rings (SSSR count). The molecule has 1 aromatic carbocycles. The van der Waals surface area contributed by atoms with Crippen LogP contribution in [0.15, 0.2) is 48.8 Å². The van der Waals surface area contributed by atoms with Crippen molar-refractivity contribution in [1.29, 1.82) is 0 Å². The Morgan fingerprint density at radius 3 is 2.50 bits per heavy atom. The van der Waals surface area contributed by atoms with Gasteiger partial charge in [-0.3, -0.25) is 9.88 Å². The molecular weight excluding hydrogens is 222 g/mol. The molecule has 18 heavy (non-hydrogen) atoms. The van der Waals surface area contributed by atoms with E-state index in [9.17, 15) is 0 Å². The smallest absolute Gasteiger partial charge is 0.0340 e. The summed E-state index contributed by atoms with van der Waals surface area (Å²) in [6.07, 6.45) is 3.68. The lowest BCUT2D eigenvalue weighted by molar-refractivity contribution is 0.319. The predicted molar refractivity (Wildman–Crippen MR) is 75.4 cm³/mol. The monoisotopic (exact) mass is 241 g/mol. The maximum Gasteiger partial charge on any atom is 0.0340 e. The SMILES string of the molecule is CNc1cccc(CN(C)Cc2ccncc2)c1. The minimum Gasteiger partial charge on any atom is -0.388 e. The van der Waals surface area contributed by atoms with Gasteiger partial charge >= 0.3 is 0 Å². The van der Waals surface area contributed by atoms with Crippen LogP contribution in [0.3, 0.4) is 0 Å². The van der Waals surface area contributed by atoms with Gasteiger partial charge in [-0.05, 0) is 42.4 Å². The molecule has 94 valence electrons. The van der Waals surface area contributed by atoms with Gasteiger partial charge in [0.15, 0.2) is 0 Å². The molecule has 0 radical (unpaired) electrons. The fraction of sp³-hybridized carbons (Fsp3) is 0.267. The molecule has 0 bridgehead atoms. The fourth-order valence-electron chi connectivity index (χ4n) is 1.99. The largest absolute Gasteiger partial charge is 0.388 e. The lowest BCUT2D eigenvalue weighted by atomic mass is 10.2. The van der Waals surface area contributed by atoms with Gasteiger partial charge in [-0.2, -0.15) is 0 Å². The molecule has 3 heteroatoms. The van der Waals surface area contributed by atoms with Crippen molar-refractivity contribution in [3.05, 3.63) is 59.9 Å². The molecule has 2 aromatic rings. The summed E-state index contributed by atoms with van der Waals surface area (Å²) in [5, 5.41) is 3.16. The summed E-state index contributed by atoms with van der Waals surface area (Å²) >= 11 is 0. The van der Waals surface area contributed by atoms with Crippen molar-refractivity contribution in [1.82, 2.24) is 9.88 Å². The van der Waals surface area contributed by atoms with Crippen LogP contribution in [0, 0.1) is 0 Å². The van der Waals surface area contributed by atoms with Crippen molar-refractivity contribution in [2.75, 3.05) is 19.4 Å². The van der Waals surface area contributed by atoms with Crippen molar-refractivity contribution in [3.63, 3.8) is 0 Å². The first-order valence-corrected chi connectivity index (χ1v) is 6.12. The van der Waals surface area contributed by atoms with E-state index in [0.717, 1.165) is 18.8 Å². The zero-order valence-electron chi connectivity index (χ0n) is 10.9. The highest BCUT2D eigenvalue weighted by atomic mass is 15.1. The van der Waals surface area contributed by atoms with E-state index in [0.29, 0.717) is 0 Å². The van der Waals surface area contributed by atoms with Crippen LogP contribution in [0.4, 0.5) is 5.69 Å². The molecule has 1 N–H and O–H groups in total. The van der Waals surface area contributed by atoms with E-state index < -0.39 is 0 Å². The Bertz CT molecular complexity index is 482. The number of nitrogens with zero attached hydrogens (tertiary/aromatic N) is 2. The van der Waals surface area contributed by atoms with Gasteiger partial charge in [-0.15, -0.1) is 0 Å². The van der Waals surface area contributed by atoms with E-state index in [-0.39, 0.29) is 0 Å². The van der Waals surface area contributed by atoms with Crippen LogP contribution in [0.5, 0.6) is 0 Å². The van der Waals surface area contributed by atoms with Crippen LogP contribution in [0.1, 0.15) is 11.1 Å². The zero-order valence-corrected chi connectivity index (χ0v) is 10.9. The number of hydrogen-bond donors (Lipinski definition) is 1.